The van der Waals surface area contributed by atoms with Crippen molar-refractivity contribution in [3.8, 4) is 5.88 Å². The molecule has 0 aliphatic rings. The highest BCUT2D eigenvalue weighted by Crippen LogP contribution is 2.25. The van der Waals surface area contributed by atoms with Gasteiger partial charge in [-0.2, -0.15) is 0 Å². The molecule has 106 valence electrons. The molecule has 0 aliphatic heterocycles. The summed E-state index contributed by atoms with van der Waals surface area (Å²) in [4.78, 5) is 15.7. The van der Waals surface area contributed by atoms with Crippen molar-refractivity contribution in [2.24, 2.45) is 5.41 Å². The lowest BCUT2D eigenvalue weighted by atomic mass is 9.93. The van der Waals surface area contributed by atoms with Crippen LogP contribution in [0.2, 0.25) is 0 Å². The van der Waals surface area contributed by atoms with Crippen LogP contribution in [0, 0.1) is 5.41 Å². The highest BCUT2D eigenvalue weighted by Gasteiger charge is 2.16. The second-order valence-electron chi connectivity index (χ2n) is 5.46. The molecule has 0 aromatic carbocycles. The van der Waals surface area contributed by atoms with Gasteiger partial charge >= 0.3 is 5.97 Å². The van der Waals surface area contributed by atoms with Crippen molar-refractivity contribution in [3.63, 3.8) is 0 Å². The van der Waals surface area contributed by atoms with Gasteiger partial charge in [0.2, 0.25) is 5.88 Å². The summed E-state index contributed by atoms with van der Waals surface area (Å²) in [5, 5.41) is 0. The lowest BCUT2D eigenvalue weighted by molar-refractivity contribution is 0.0527. The van der Waals surface area contributed by atoms with Crippen molar-refractivity contribution in [1.82, 2.24) is 4.98 Å². The van der Waals surface area contributed by atoms with Gasteiger partial charge in [0.25, 0.3) is 0 Å². The largest absolute Gasteiger partial charge is 0.476 e. The third kappa shape index (κ3) is 4.77. The molecule has 0 spiro atoms. The lowest BCUT2D eigenvalue weighted by Crippen LogP contribution is -2.14. The summed E-state index contributed by atoms with van der Waals surface area (Å²) in [6, 6.07) is 1.53. The zero-order valence-corrected chi connectivity index (χ0v) is 12.0. The molecule has 19 heavy (non-hydrogen) atoms. The predicted octanol–water partition coefficient (Wildman–Crippen LogP) is 2.66. The van der Waals surface area contributed by atoms with Crippen LogP contribution >= 0.6 is 0 Å². The smallest absolute Gasteiger partial charge is 0.340 e. The van der Waals surface area contributed by atoms with E-state index in [1.54, 1.807) is 6.92 Å². The molecule has 0 amide bonds. The Morgan fingerprint density at radius 1 is 1.42 bits per heavy atom. The minimum Gasteiger partial charge on any atom is -0.476 e. The van der Waals surface area contributed by atoms with Gasteiger partial charge in [0.05, 0.1) is 18.8 Å². The van der Waals surface area contributed by atoms with E-state index in [0.29, 0.717) is 18.8 Å². The number of nitrogen functional groups attached to an aromatic ring is 1. The molecular formula is C14H22N2O3. The third-order valence-corrected chi connectivity index (χ3v) is 2.54. The average molecular weight is 266 g/mol. The Morgan fingerprint density at radius 2 is 2.11 bits per heavy atom. The number of carbonyl (C=O) groups is 1. The maximum Gasteiger partial charge on any atom is 0.340 e. The topological polar surface area (TPSA) is 74.4 Å². The van der Waals surface area contributed by atoms with Crippen molar-refractivity contribution < 1.29 is 14.3 Å². The number of rotatable bonds is 5. The number of esters is 1. The molecule has 0 unspecified atom stereocenters. The van der Waals surface area contributed by atoms with Gasteiger partial charge in [-0.05, 0) is 24.8 Å². The summed E-state index contributed by atoms with van der Waals surface area (Å²) in [5.74, 6) is -0.169. The van der Waals surface area contributed by atoms with E-state index in [9.17, 15) is 4.79 Å². The molecule has 1 aromatic heterocycles. The quantitative estimate of drug-likeness (QED) is 0.829. The van der Waals surface area contributed by atoms with Crippen LogP contribution in [0.4, 0.5) is 5.69 Å². The summed E-state index contributed by atoms with van der Waals surface area (Å²) in [5.41, 5.74) is 6.58. The van der Waals surface area contributed by atoms with Gasteiger partial charge in [0, 0.05) is 6.20 Å². The second-order valence-corrected chi connectivity index (χ2v) is 5.46. The van der Waals surface area contributed by atoms with E-state index in [4.69, 9.17) is 15.2 Å². The number of nitrogens with two attached hydrogens (primary N) is 1. The number of aromatic nitrogens is 1. The van der Waals surface area contributed by atoms with Crippen LogP contribution in [0.3, 0.4) is 0 Å². The van der Waals surface area contributed by atoms with Gasteiger partial charge in [-0.1, -0.05) is 20.8 Å². The minimum absolute atomic E-state index is 0.174. The highest BCUT2D eigenvalue weighted by atomic mass is 16.5. The van der Waals surface area contributed by atoms with Crippen molar-refractivity contribution >= 4 is 11.7 Å². The number of anilines is 1. The number of hydrogen-bond donors (Lipinski definition) is 1. The van der Waals surface area contributed by atoms with Crippen LogP contribution in [0.25, 0.3) is 0 Å². The van der Waals surface area contributed by atoms with Crippen molar-refractivity contribution in [2.75, 3.05) is 18.9 Å². The molecular weight excluding hydrogens is 244 g/mol. The average Bonchev–Trinajstić information content (AvgIpc) is 2.30. The molecule has 0 fully saturated rings. The molecule has 0 saturated carbocycles. The van der Waals surface area contributed by atoms with Crippen molar-refractivity contribution in [3.05, 3.63) is 17.8 Å². The van der Waals surface area contributed by atoms with Gasteiger partial charge in [-0.3, -0.25) is 0 Å². The van der Waals surface area contributed by atoms with E-state index in [2.05, 4.69) is 25.8 Å². The molecule has 1 heterocycles. The van der Waals surface area contributed by atoms with Gasteiger partial charge in [0.15, 0.2) is 0 Å². The van der Waals surface area contributed by atoms with Gasteiger partial charge < -0.3 is 15.2 Å². The molecule has 0 bridgehead atoms. The maximum atomic E-state index is 11.7. The monoisotopic (exact) mass is 266 g/mol. The normalized spacial score (nSPS) is 11.2. The first-order chi connectivity index (χ1) is 8.85. The first-order valence-corrected chi connectivity index (χ1v) is 6.39. The van der Waals surface area contributed by atoms with E-state index in [1.165, 1.54) is 12.3 Å². The van der Waals surface area contributed by atoms with E-state index in [0.717, 1.165) is 6.42 Å². The lowest BCUT2D eigenvalue weighted by Gasteiger charge is -2.18. The Morgan fingerprint density at radius 3 is 2.68 bits per heavy atom. The van der Waals surface area contributed by atoms with Crippen molar-refractivity contribution in [1.29, 1.82) is 0 Å². The number of hydrogen-bond acceptors (Lipinski definition) is 5. The summed E-state index contributed by atoms with van der Waals surface area (Å²) >= 11 is 0. The van der Waals surface area contributed by atoms with E-state index >= 15 is 0 Å². The molecule has 5 nitrogen and oxygen atoms in total. The molecule has 5 heteroatoms. The number of nitrogens with zero attached hydrogens (tertiary/aromatic N) is 1. The van der Waals surface area contributed by atoms with E-state index < -0.39 is 5.97 Å². The number of carbonyl (C=O) groups excluding carboxylic acids is 1. The Hall–Kier alpha value is -1.78. The molecule has 0 saturated heterocycles. The molecule has 0 atom stereocenters. The maximum absolute atomic E-state index is 11.7. The third-order valence-electron chi connectivity index (χ3n) is 2.54. The van der Waals surface area contributed by atoms with E-state index in [1.807, 2.05) is 0 Å². The van der Waals surface area contributed by atoms with Crippen LogP contribution in [-0.2, 0) is 4.74 Å². The summed E-state index contributed by atoms with van der Waals surface area (Å²) in [7, 11) is 0. The van der Waals surface area contributed by atoms with Crippen LogP contribution in [0.1, 0.15) is 44.5 Å². The zero-order chi connectivity index (χ0) is 14.5. The van der Waals surface area contributed by atoms with Gasteiger partial charge in [-0.15, -0.1) is 0 Å². The van der Waals surface area contributed by atoms with E-state index in [-0.39, 0.29) is 17.0 Å². The fraction of sp³-hybridized carbons (Fsp3) is 0.571. The van der Waals surface area contributed by atoms with Gasteiger partial charge in [0.1, 0.15) is 5.69 Å². The number of pyridine rings is 1. The van der Waals surface area contributed by atoms with Crippen LogP contribution in [-0.4, -0.2) is 24.2 Å². The molecule has 2 N–H and O–H groups in total. The molecule has 1 rings (SSSR count). The summed E-state index contributed by atoms with van der Waals surface area (Å²) in [6.45, 7) is 8.94. The number of ether oxygens (including phenoxy) is 2. The zero-order valence-electron chi connectivity index (χ0n) is 12.0. The van der Waals surface area contributed by atoms with Crippen LogP contribution in [0.15, 0.2) is 12.3 Å². The Bertz CT molecular complexity index is 439. The van der Waals surface area contributed by atoms with Crippen molar-refractivity contribution in [2.45, 2.75) is 34.1 Å². The first-order valence-electron chi connectivity index (χ1n) is 6.39. The minimum atomic E-state index is -0.455. The first kappa shape index (κ1) is 15.3. The van der Waals surface area contributed by atoms with Crippen LogP contribution < -0.4 is 10.5 Å². The second kappa shape index (κ2) is 6.41. The highest BCUT2D eigenvalue weighted by molar-refractivity contribution is 5.96. The predicted molar refractivity (Wildman–Crippen MR) is 74.2 cm³/mol. The Balaban J connectivity index is 2.75. The molecule has 0 aliphatic carbocycles. The standard InChI is InChI=1S/C14H22N2O3/c1-5-18-13(17)10-6-8-16-12(11(10)15)19-9-7-14(2,3)4/h6,8H,5,7,9,15H2,1-4H3. The fourth-order valence-electron chi connectivity index (χ4n) is 1.41. The Labute approximate surface area is 114 Å². The van der Waals surface area contributed by atoms with Crippen LogP contribution in [0.5, 0.6) is 5.88 Å². The summed E-state index contributed by atoms with van der Waals surface area (Å²) < 4.78 is 10.5. The SMILES string of the molecule is CCOC(=O)c1ccnc(OCCC(C)(C)C)c1N. The fourth-order valence-corrected chi connectivity index (χ4v) is 1.41. The van der Waals surface area contributed by atoms with Gasteiger partial charge in [-0.25, -0.2) is 9.78 Å². The molecule has 0 radical (unpaired) electrons. The summed E-state index contributed by atoms with van der Waals surface area (Å²) in [6.07, 6.45) is 2.37. The Kier molecular flexibility index (Phi) is 5.15. The molecule has 1 aromatic rings.